The van der Waals surface area contributed by atoms with E-state index in [2.05, 4.69) is 34.2 Å². The van der Waals surface area contributed by atoms with E-state index in [-0.39, 0.29) is 24.1 Å². The summed E-state index contributed by atoms with van der Waals surface area (Å²) in [5.74, 6) is 2.12. The van der Waals surface area contributed by atoms with Crippen LogP contribution in [0.15, 0.2) is 69.5 Å². The van der Waals surface area contributed by atoms with Crippen LogP contribution in [0.2, 0.25) is 0 Å². The van der Waals surface area contributed by atoms with Crippen LogP contribution in [0.3, 0.4) is 0 Å². The van der Waals surface area contributed by atoms with Gasteiger partial charge in [-0.2, -0.15) is 0 Å². The van der Waals surface area contributed by atoms with Gasteiger partial charge in [-0.25, -0.2) is 0 Å². The second-order valence-corrected chi connectivity index (χ2v) is 18.2. The quantitative estimate of drug-likeness (QED) is 0.0344. The molecule has 0 radical (unpaired) electrons. The fourth-order valence-electron chi connectivity index (χ4n) is 6.45. The molecule has 0 aliphatic rings. The van der Waals surface area contributed by atoms with Crippen LogP contribution in [0.5, 0.6) is 11.5 Å². The summed E-state index contributed by atoms with van der Waals surface area (Å²) in [4.78, 5) is 0. The van der Waals surface area contributed by atoms with E-state index in [0.29, 0.717) is 85.2 Å². The predicted molar refractivity (Wildman–Crippen MR) is 232 cm³/mol. The van der Waals surface area contributed by atoms with Gasteiger partial charge in [0.05, 0.1) is 63.1 Å². The zero-order chi connectivity index (χ0) is 42.8. The highest BCUT2D eigenvalue weighted by atomic mass is 31.2. The first kappa shape index (κ1) is 46.9. The molecule has 326 valence electrons. The van der Waals surface area contributed by atoms with Gasteiger partial charge in [0.2, 0.25) is 11.8 Å². The van der Waals surface area contributed by atoms with Gasteiger partial charge in [-0.05, 0) is 88.1 Å². The Labute approximate surface area is 354 Å². The lowest BCUT2D eigenvalue weighted by Gasteiger charge is -2.17. The monoisotopic (exact) mass is 866 g/mol. The van der Waals surface area contributed by atoms with E-state index in [0.717, 1.165) is 62.5 Å². The molecule has 0 amide bonds. The van der Waals surface area contributed by atoms with Crippen molar-refractivity contribution < 1.29 is 45.5 Å². The van der Waals surface area contributed by atoms with Gasteiger partial charge in [-0.15, -0.1) is 20.4 Å². The Morgan fingerprint density at radius 3 is 1.15 bits per heavy atom. The van der Waals surface area contributed by atoms with Crippen LogP contribution in [0.4, 0.5) is 0 Å². The largest absolute Gasteiger partial charge is 0.493 e. The summed E-state index contributed by atoms with van der Waals surface area (Å²) >= 11 is 0. The van der Waals surface area contributed by atoms with Crippen molar-refractivity contribution in [1.29, 1.82) is 0 Å². The molecule has 2 aromatic heterocycles. The standard InChI is InChI=1S/C44H60N4O10P2/c1-7-13-15-17-27-51-39-29-38(44-48-46-42(58-44)36-25-21-34(22-26-36)32-60(50,55-11-5)56-12-6)40(52-28-18-16-14-8-2)30-37(39)43-47-45-41(57-43)35-23-19-33(20-24-35)31-59(49,53-9-3)54-10-4/h19-26,29-30H,7-18,27-28,31-32H2,1-6H3. The minimum absolute atomic E-state index is 0.151. The smallest absolute Gasteiger partial charge is 0.335 e. The maximum absolute atomic E-state index is 13.1. The van der Waals surface area contributed by atoms with Gasteiger partial charge >= 0.3 is 15.2 Å². The Morgan fingerprint density at radius 1 is 0.467 bits per heavy atom. The summed E-state index contributed by atoms with van der Waals surface area (Å²) in [5, 5.41) is 17.7. The van der Waals surface area contributed by atoms with Crippen LogP contribution in [0, 0.1) is 0 Å². The summed E-state index contributed by atoms with van der Waals surface area (Å²) in [5.41, 5.74) is 4.10. The average Bonchev–Trinajstić information content (AvgIpc) is 3.93. The van der Waals surface area contributed by atoms with Crippen LogP contribution in [-0.4, -0.2) is 60.0 Å². The van der Waals surface area contributed by atoms with Crippen molar-refractivity contribution in [3.8, 4) is 57.3 Å². The van der Waals surface area contributed by atoms with Gasteiger partial charge in [-0.1, -0.05) is 76.6 Å². The van der Waals surface area contributed by atoms with Crippen LogP contribution in [-0.2, 0) is 39.5 Å². The molecule has 0 spiro atoms. The molecule has 5 rings (SSSR count). The molecule has 0 aliphatic carbocycles. The number of hydrogen-bond donors (Lipinski definition) is 0. The van der Waals surface area contributed by atoms with Crippen molar-refractivity contribution in [2.24, 2.45) is 0 Å². The average molecular weight is 867 g/mol. The number of ether oxygens (including phenoxy) is 2. The van der Waals surface area contributed by atoms with Crippen molar-refractivity contribution >= 4 is 15.2 Å². The van der Waals surface area contributed by atoms with Crippen LogP contribution in [0.25, 0.3) is 45.8 Å². The normalized spacial score (nSPS) is 12.0. The highest BCUT2D eigenvalue weighted by Gasteiger charge is 2.27. The third kappa shape index (κ3) is 13.4. The molecular weight excluding hydrogens is 806 g/mol. The lowest BCUT2D eigenvalue weighted by atomic mass is 10.1. The summed E-state index contributed by atoms with van der Waals surface area (Å²) in [6.07, 6.45) is 8.52. The number of benzene rings is 3. The first-order valence-corrected chi connectivity index (χ1v) is 24.7. The molecule has 0 bridgehead atoms. The van der Waals surface area contributed by atoms with E-state index in [1.807, 2.05) is 60.7 Å². The molecule has 0 N–H and O–H groups in total. The minimum Gasteiger partial charge on any atom is -0.493 e. The van der Waals surface area contributed by atoms with Crippen LogP contribution in [0.1, 0.15) is 104 Å². The van der Waals surface area contributed by atoms with Crippen LogP contribution < -0.4 is 9.47 Å². The van der Waals surface area contributed by atoms with Gasteiger partial charge in [0.25, 0.3) is 11.8 Å². The van der Waals surface area contributed by atoms with Crippen molar-refractivity contribution in [3.63, 3.8) is 0 Å². The van der Waals surface area contributed by atoms with Crippen LogP contribution >= 0.6 is 15.2 Å². The van der Waals surface area contributed by atoms with E-state index < -0.39 is 15.2 Å². The molecule has 2 heterocycles. The van der Waals surface area contributed by atoms with E-state index in [1.54, 1.807) is 27.7 Å². The van der Waals surface area contributed by atoms with Gasteiger partial charge in [0, 0.05) is 11.1 Å². The second kappa shape index (κ2) is 23.7. The van der Waals surface area contributed by atoms with Gasteiger partial charge in [0.15, 0.2) is 0 Å². The van der Waals surface area contributed by atoms with Gasteiger partial charge < -0.3 is 36.4 Å². The van der Waals surface area contributed by atoms with E-state index in [4.69, 9.17) is 36.4 Å². The molecule has 0 atom stereocenters. The molecule has 0 fully saturated rings. The molecule has 0 unspecified atom stereocenters. The van der Waals surface area contributed by atoms with Gasteiger partial charge in [0.1, 0.15) is 11.5 Å². The topological polar surface area (TPSA) is 167 Å². The highest BCUT2D eigenvalue weighted by Crippen LogP contribution is 2.52. The lowest BCUT2D eigenvalue weighted by molar-refractivity contribution is 0.218. The van der Waals surface area contributed by atoms with Crippen molar-refractivity contribution in [2.75, 3.05) is 39.6 Å². The number of aromatic nitrogens is 4. The lowest BCUT2D eigenvalue weighted by Crippen LogP contribution is -2.03. The maximum Gasteiger partial charge on any atom is 0.335 e. The van der Waals surface area contributed by atoms with E-state index >= 15 is 0 Å². The maximum atomic E-state index is 13.1. The van der Waals surface area contributed by atoms with Crippen molar-refractivity contribution in [2.45, 2.75) is 105 Å². The molecule has 0 saturated heterocycles. The molecule has 3 aromatic carbocycles. The summed E-state index contributed by atoms with van der Waals surface area (Å²) in [7, 11) is -6.53. The molecular formula is C44H60N4O10P2. The third-order valence-electron chi connectivity index (χ3n) is 9.36. The predicted octanol–water partition coefficient (Wildman–Crippen LogP) is 12.6. The Morgan fingerprint density at radius 2 is 0.817 bits per heavy atom. The fraction of sp³-hybridized carbons (Fsp3) is 0.500. The van der Waals surface area contributed by atoms with E-state index in [1.165, 1.54) is 0 Å². The highest BCUT2D eigenvalue weighted by molar-refractivity contribution is 7.53. The molecule has 5 aromatic rings. The molecule has 60 heavy (non-hydrogen) atoms. The second-order valence-electron chi connectivity index (χ2n) is 14.1. The Hall–Kier alpha value is -4.16. The molecule has 14 nitrogen and oxygen atoms in total. The third-order valence-corrected chi connectivity index (χ3v) is 13.5. The zero-order valence-corrected chi connectivity index (χ0v) is 37.6. The molecule has 0 saturated carbocycles. The van der Waals surface area contributed by atoms with Crippen molar-refractivity contribution in [3.05, 3.63) is 71.8 Å². The van der Waals surface area contributed by atoms with Gasteiger partial charge in [-0.3, -0.25) is 9.13 Å². The Bertz CT molecular complexity index is 1970. The summed E-state index contributed by atoms with van der Waals surface area (Å²) < 4.78 is 73.7. The fourth-order valence-corrected chi connectivity index (χ4v) is 9.85. The number of unbranched alkanes of at least 4 members (excludes halogenated alkanes) is 6. The Kier molecular flexibility index (Phi) is 18.6. The summed E-state index contributed by atoms with van der Waals surface area (Å²) in [6.45, 7) is 13.6. The number of nitrogens with zero attached hydrogens (tertiary/aromatic N) is 4. The van der Waals surface area contributed by atoms with E-state index in [9.17, 15) is 9.13 Å². The number of rotatable bonds is 28. The zero-order valence-electron chi connectivity index (χ0n) is 35.9. The SMILES string of the molecule is CCCCCCOc1cc(-c2nnc(-c3ccc(CP(=O)(OCC)OCC)cc3)o2)c(OCCCCCC)cc1-c1nnc(-c2ccc(CP(=O)(OCC)OCC)cc2)o1. The Balaban J connectivity index is 1.47. The molecule has 0 aliphatic heterocycles. The first-order chi connectivity index (χ1) is 29.2. The minimum atomic E-state index is -3.27. The summed E-state index contributed by atoms with van der Waals surface area (Å²) in [6, 6.07) is 18.4. The first-order valence-electron chi connectivity index (χ1n) is 21.2. The van der Waals surface area contributed by atoms with Crippen molar-refractivity contribution in [1.82, 2.24) is 20.4 Å². The number of hydrogen-bond acceptors (Lipinski definition) is 14. The molecule has 16 heteroatoms.